The second-order valence-electron chi connectivity index (χ2n) is 9.12. The van der Waals surface area contributed by atoms with Crippen LogP contribution < -0.4 is 10.2 Å². The van der Waals surface area contributed by atoms with E-state index in [0.29, 0.717) is 13.0 Å². The average Bonchev–Trinajstić information content (AvgIpc) is 3.05. The summed E-state index contributed by atoms with van der Waals surface area (Å²) in [6, 6.07) is 2.42. The number of anilines is 1. The van der Waals surface area contributed by atoms with Crippen LogP contribution in [-0.4, -0.2) is 72.7 Å². The highest BCUT2D eigenvalue weighted by molar-refractivity contribution is 5.86. The van der Waals surface area contributed by atoms with E-state index < -0.39 is 29.2 Å². The lowest BCUT2D eigenvalue weighted by Crippen LogP contribution is -2.50. The number of ether oxygens (including phenoxy) is 1. The number of hydrogen-bond donors (Lipinski definition) is 1. The first kappa shape index (κ1) is 23.7. The smallest absolute Gasteiger partial charge is 0.410 e. The second kappa shape index (κ2) is 9.30. The van der Waals surface area contributed by atoms with E-state index >= 15 is 0 Å². The number of carbonyl (C=O) groups excluding carboxylic acids is 3. The molecule has 176 valence electrons. The highest BCUT2D eigenvalue weighted by Crippen LogP contribution is 2.33. The summed E-state index contributed by atoms with van der Waals surface area (Å²) in [6.45, 7) is 8.28. The molecule has 8 nitrogen and oxygen atoms in total. The highest BCUT2D eigenvalue weighted by Gasteiger charge is 2.35. The monoisotopic (exact) mass is 452 g/mol. The van der Waals surface area contributed by atoms with Gasteiger partial charge in [0.25, 0.3) is 0 Å². The zero-order chi connectivity index (χ0) is 23.6. The summed E-state index contributed by atoms with van der Waals surface area (Å²) in [6.07, 6.45) is -0.0254. The van der Waals surface area contributed by atoms with Crippen LogP contribution in [0, 0.1) is 11.6 Å². The minimum atomic E-state index is -0.737. The van der Waals surface area contributed by atoms with E-state index in [9.17, 15) is 23.2 Å². The SMILES string of the molecule is CC(=O)NCN1CC[C@@H](c2cc(F)c(N3CCN(C(=O)OC(C)(C)C)CC3)c(F)c2)C1=O. The molecule has 2 aliphatic rings. The molecule has 32 heavy (non-hydrogen) atoms. The van der Waals surface area contributed by atoms with Crippen molar-refractivity contribution < 1.29 is 27.9 Å². The molecule has 3 amide bonds. The van der Waals surface area contributed by atoms with Crippen LogP contribution in [0.3, 0.4) is 0 Å². The number of nitrogens with zero attached hydrogens (tertiary/aromatic N) is 3. The Hall–Kier alpha value is -2.91. The Balaban J connectivity index is 1.66. The number of nitrogens with one attached hydrogen (secondary N) is 1. The average molecular weight is 453 g/mol. The third-order valence-corrected chi connectivity index (χ3v) is 5.51. The van der Waals surface area contributed by atoms with Crippen LogP contribution in [0.2, 0.25) is 0 Å². The number of hydrogen-bond acceptors (Lipinski definition) is 5. The maximum Gasteiger partial charge on any atom is 0.410 e. The Morgan fingerprint density at radius 3 is 2.22 bits per heavy atom. The van der Waals surface area contributed by atoms with Gasteiger partial charge in [0, 0.05) is 39.6 Å². The number of likely N-dealkylation sites (tertiary alicyclic amines) is 1. The number of amides is 3. The van der Waals surface area contributed by atoms with Crippen LogP contribution in [0.5, 0.6) is 0 Å². The normalized spacial score (nSPS) is 19.4. The molecule has 0 unspecified atom stereocenters. The number of rotatable bonds is 4. The third-order valence-electron chi connectivity index (χ3n) is 5.51. The van der Waals surface area contributed by atoms with Crippen molar-refractivity contribution in [2.24, 2.45) is 0 Å². The molecule has 1 atom stereocenters. The zero-order valence-corrected chi connectivity index (χ0v) is 18.9. The molecule has 0 spiro atoms. The van der Waals surface area contributed by atoms with Gasteiger partial charge in [0.15, 0.2) is 0 Å². The fourth-order valence-electron chi connectivity index (χ4n) is 3.94. The zero-order valence-electron chi connectivity index (χ0n) is 18.9. The Bertz CT molecular complexity index is 871. The Labute approximate surface area is 186 Å². The van der Waals surface area contributed by atoms with Gasteiger partial charge in [-0.25, -0.2) is 13.6 Å². The van der Waals surface area contributed by atoms with Crippen LogP contribution in [0.4, 0.5) is 19.3 Å². The van der Waals surface area contributed by atoms with E-state index in [-0.39, 0.29) is 55.9 Å². The van der Waals surface area contributed by atoms with Crippen molar-refractivity contribution in [1.29, 1.82) is 0 Å². The van der Waals surface area contributed by atoms with Crippen molar-refractivity contribution in [2.75, 3.05) is 44.3 Å². The molecular weight excluding hydrogens is 422 g/mol. The minimum Gasteiger partial charge on any atom is -0.444 e. The van der Waals surface area contributed by atoms with Crippen LogP contribution in [-0.2, 0) is 14.3 Å². The van der Waals surface area contributed by atoms with Crippen LogP contribution >= 0.6 is 0 Å². The summed E-state index contributed by atoms with van der Waals surface area (Å²) < 4.78 is 35.2. The Morgan fingerprint density at radius 1 is 1.09 bits per heavy atom. The van der Waals surface area contributed by atoms with Gasteiger partial charge < -0.3 is 24.8 Å². The second-order valence-corrected chi connectivity index (χ2v) is 9.12. The standard InChI is InChI=1S/C22H30F2N4O4/c1-14(29)25-13-28-6-5-16(20(28)30)15-11-17(23)19(18(24)12-15)26-7-9-27(10-8-26)21(31)32-22(2,3)4/h11-12,16H,5-10,13H2,1-4H3,(H,25,29)/t16-/m0/s1. The van der Waals surface area contributed by atoms with Crippen LogP contribution in [0.15, 0.2) is 12.1 Å². The van der Waals surface area contributed by atoms with E-state index in [4.69, 9.17) is 4.74 Å². The molecule has 0 saturated carbocycles. The van der Waals surface area contributed by atoms with Crippen LogP contribution in [0.1, 0.15) is 45.6 Å². The lowest BCUT2D eigenvalue weighted by molar-refractivity contribution is -0.130. The third kappa shape index (κ3) is 5.46. The molecular formula is C22H30F2N4O4. The van der Waals surface area contributed by atoms with Crippen molar-refractivity contribution in [2.45, 2.75) is 45.6 Å². The summed E-state index contributed by atoms with van der Waals surface area (Å²) in [4.78, 5) is 40.4. The van der Waals surface area contributed by atoms with Gasteiger partial charge in [-0.3, -0.25) is 9.59 Å². The van der Waals surface area contributed by atoms with E-state index in [2.05, 4.69) is 5.32 Å². The number of carbonyl (C=O) groups is 3. The van der Waals surface area contributed by atoms with E-state index in [1.54, 1.807) is 25.7 Å². The van der Waals surface area contributed by atoms with Gasteiger partial charge in [0.1, 0.15) is 22.9 Å². The predicted octanol–water partition coefficient (Wildman–Crippen LogP) is 2.43. The molecule has 0 aliphatic carbocycles. The van der Waals surface area contributed by atoms with Gasteiger partial charge in [0.05, 0.1) is 12.6 Å². The largest absolute Gasteiger partial charge is 0.444 e. The summed E-state index contributed by atoms with van der Waals surface area (Å²) in [5.41, 5.74) is -0.484. The first-order valence-electron chi connectivity index (χ1n) is 10.7. The van der Waals surface area contributed by atoms with Crippen molar-refractivity contribution in [3.63, 3.8) is 0 Å². The van der Waals surface area contributed by atoms with Crippen LogP contribution in [0.25, 0.3) is 0 Å². The molecule has 2 saturated heterocycles. The van der Waals surface area contributed by atoms with E-state index in [1.807, 2.05) is 0 Å². The van der Waals surface area contributed by atoms with Crippen molar-refractivity contribution in [3.05, 3.63) is 29.3 Å². The molecule has 3 rings (SSSR count). The van der Waals surface area contributed by atoms with Gasteiger partial charge in [-0.1, -0.05) is 0 Å². The molecule has 2 heterocycles. The maximum absolute atomic E-state index is 14.9. The van der Waals surface area contributed by atoms with Crippen molar-refractivity contribution in [1.82, 2.24) is 15.1 Å². The number of halogens is 2. The Morgan fingerprint density at radius 2 is 1.69 bits per heavy atom. The lowest BCUT2D eigenvalue weighted by Gasteiger charge is -2.37. The first-order chi connectivity index (χ1) is 15.0. The predicted molar refractivity (Wildman–Crippen MR) is 114 cm³/mol. The van der Waals surface area contributed by atoms with Gasteiger partial charge >= 0.3 is 6.09 Å². The quantitative estimate of drug-likeness (QED) is 0.759. The molecule has 1 aromatic carbocycles. The fourth-order valence-corrected chi connectivity index (χ4v) is 3.94. The molecule has 0 radical (unpaired) electrons. The summed E-state index contributed by atoms with van der Waals surface area (Å²) in [7, 11) is 0. The minimum absolute atomic E-state index is 0.0790. The topological polar surface area (TPSA) is 82.2 Å². The lowest BCUT2D eigenvalue weighted by atomic mass is 9.96. The van der Waals surface area contributed by atoms with Gasteiger partial charge in [-0.2, -0.15) is 0 Å². The summed E-state index contributed by atoms with van der Waals surface area (Å²) in [5, 5.41) is 2.56. The molecule has 1 aromatic rings. The number of piperazine rings is 1. The fraction of sp³-hybridized carbons (Fsp3) is 0.591. The molecule has 10 heteroatoms. The molecule has 1 N–H and O–H groups in total. The van der Waals surface area contributed by atoms with Crippen molar-refractivity contribution >= 4 is 23.6 Å². The Kier molecular flexibility index (Phi) is 6.90. The molecule has 2 fully saturated rings. The molecule has 2 aliphatic heterocycles. The van der Waals surface area contributed by atoms with Gasteiger partial charge in [-0.05, 0) is 44.9 Å². The van der Waals surface area contributed by atoms with Crippen molar-refractivity contribution in [3.8, 4) is 0 Å². The van der Waals surface area contributed by atoms with E-state index in [0.717, 1.165) is 0 Å². The van der Waals surface area contributed by atoms with Gasteiger partial charge in [0.2, 0.25) is 11.8 Å². The van der Waals surface area contributed by atoms with E-state index in [1.165, 1.54) is 28.9 Å². The number of benzene rings is 1. The summed E-state index contributed by atoms with van der Waals surface area (Å²) >= 11 is 0. The maximum atomic E-state index is 14.9. The highest BCUT2D eigenvalue weighted by atomic mass is 19.1. The molecule has 0 aromatic heterocycles. The first-order valence-corrected chi connectivity index (χ1v) is 10.7. The summed E-state index contributed by atoms with van der Waals surface area (Å²) in [5.74, 6) is -2.64. The molecule has 0 bridgehead atoms. The van der Waals surface area contributed by atoms with Gasteiger partial charge in [-0.15, -0.1) is 0 Å².